The number of rotatable bonds is 4. The van der Waals surface area contributed by atoms with Crippen LogP contribution in [0, 0.1) is 19.8 Å². The number of hydrogen-bond acceptors (Lipinski definition) is 3. The molecule has 128 valence electrons. The van der Waals surface area contributed by atoms with Gasteiger partial charge in [-0.2, -0.15) is 0 Å². The molecule has 3 rings (SSSR count). The van der Waals surface area contributed by atoms with E-state index in [2.05, 4.69) is 65.0 Å². The number of carbonyl (C=O) groups is 1. The average molecular weight is 408 g/mol. The van der Waals surface area contributed by atoms with Crippen molar-refractivity contribution < 1.29 is 9.90 Å². The van der Waals surface area contributed by atoms with Crippen molar-refractivity contribution >= 4 is 33.2 Å². The fourth-order valence-electron chi connectivity index (χ4n) is 3.46. The lowest BCUT2D eigenvalue weighted by Crippen LogP contribution is -2.39. The Morgan fingerprint density at radius 3 is 2.54 bits per heavy atom. The molecule has 2 heterocycles. The number of aryl methyl sites for hydroxylation is 2. The Labute approximate surface area is 155 Å². The van der Waals surface area contributed by atoms with Crippen molar-refractivity contribution in [1.29, 1.82) is 0 Å². The molecule has 0 bridgehead atoms. The normalized spacial score (nSPS) is 17.8. The van der Waals surface area contributed by atoms with E-state index in [4.69, 9.17) is 0 Å². The molecular weight excluding hydrogens is 386 g/mol. The van der Waals surface area contributed by atoms with E-state index in [0.717, 1.165) is 29.7 Å². The lowest BCUT2D eigenvalue weighted by Gasteiger charge is -2.37. The SMILES string of the molecule is Cc1ccc(C)c(C(c2ccc(Br)s2)N2CCC(C(=O)O)CC2)c1. The maximum atomic E-state index is 11.3. The van der Waals surface area contributed by atoms with Gasteiger partial charge in [-0.3, -0.25) is 9.69 Å². The van der Waals surface area contributed by atoms with Gasteiger partial charge in [-0.15, -0.1) is 11.3 Å². The van der Waals surface area contributed by atoms with Crippen molar-refractivity contribution in [3.8, 4) is 0 Å². The first-order valence-electron chi connectivity index (χ1n) is 8.25. The third-order valence-electron chi connectivity index (χ3n) is 4.84. The van der Waals surface area contributed by atoms with Crippen LogP contribution in [0.1, 0.15) is 40.5 Å². The van der Waals surface area contributed by atoms with E-state index in [1.807, 2.05) is 0 Å². The molecule has 1 N–H and O–H groups in total. The van der Waals surface area contributed by atoms with Gasteiger partial charge in [-0.05, 0) is 79.0 Å². The second-order valence-corrected chi connectivity index (χ2v) is 9.05. The minimum absolute atomic E-state index is 0.199. The highest BCUT2D eigenvalue weighted by Crippen LogP contribution is 2.38. The molecule has 1 atom stereocenters. The number of thiophene rings is 1. The highest BCUT2D eigenvalue weighted by molar-refractivity contribution is 9.11. The standard InChI is InChI=1S/C19H22BrNO2S/c1-12-3-4-13(2)15(11-12)18(16-5-6-17(20)24-16)21-9-7-14(8-10-21)19(22)23/h3-6,11,14,18H,7-10H2,1-2H3,(H,22,23). The first-order chi connectivity index (χ1) is 11.5. The van der Waals surface area contributed by atoms with Gasteiger partial charge in [0.25, 0.3) is 0 Å². The molecule has 5 heteroatoms. The van der Waals surface area contributed by atoms with Crippen LogP contribution in [-0.4, -0.2) is 29.1 Å². The first-order valence-corrected chi connectivity index (χ1v) is 9.86. The zero-order valence-corrected chi connectivity index (χ0v) is 16.4. The lowest BCUT2D eigenvalue weighted by molar-refractivity contribution is -0.143. The number of carboxylic acids is 1. The Hall–Kier alpha value is -1.17. The molecule has 1 fully saturated rings. The summed E-state index contributed by atoms with van der Waals surface area (Å²) in [5.74, 6) is -0.854. The molecule has 2 aromatic rings. The molecule has 0 radical (unpaired) electrons. The third kappa shape index (κ3) is 3.73. The van der Waals surface area contributed by atoms with Crippen LogP contribution in [-0.2, 0) is 4.79 Å². The van der Waals surface area contributed by atoms with Gasteiger partial charge in [-0.25, -0.2) is 0 Å². The summed E-state index contributed by atoms with van der Waals surface area (Å²) in [5, 5.41) is 9.26. The summed E-state index contributed by atoms with van der Waals surface area (Å²) in [6.45, 7) is 5.94. The van der Waals surface area contributed by atoms with E-state index < -0.39 is 5.97 Å². The van der Waals surface area contributed by atoms with Crippen LogP contribution in [0.5, 0.6) is 0 Å². The van der Waals surface area contributed by atoms with Crippen LogP contribution in [0.25, 0.3) is 0 Å². The molecule has 0 amide bonds. The zero-order valence-electron chi connectivity index (χ0n) is 14.0. The van der Waals surface area contributed by atoms with Crippen LogP contribution < -0.4 is 0 Å². The summed E-state index contributed by atoms with van der Waals surface area (Å²) in [4.78, 5) is 15.0. The van der Waals surface area contributed by atoms with Gasteiger partial charge in [0.2, 0.25) is 0 Å². The molecule has 1 aliphatic heterocycles. The monoisotopic (exact) mass is 407 g/mol. The lowest BCUT2D eigenvalue weighted by atomic mass is 9.91. The van der Waals surface area contributed by atoms with E-state index in [-0.39, 0.29) is 12.0 Å². The molecule has 3 nitrogen and oxygen atoms in total. The minimum Gasteiger partial charge on any atom is -0.481 e. The number of carboxylic acid groups (broad SMARTS) is 1. The maximum Gasteiger partial charge on any atom is 0.306 e. The van der Waals surface area contributed by atoms with Crippen LogP contribution in [0.2, 0.25) is 0 Å². The molecule has 1 aromatic heterocycles. The summed E-state index contributed by atoms with van der Waals surface area (Å²) in [6.07, 6.45) is 1.45. The third-order valence-corrected chi connectivity index (χ3v) is 6.51. The van der Waals surface area contributed by atoms with Crippen molar-refractivity contribution in [2.24, 2.45) is 5.92 Å². The van der Waals surface area contributed by atoms with Crippen LogP contribution in [0.15, 0.2) is 34.1 Å². The molecule has 24 heavy (non-hydrogen) atoms. The van der Waals surface area contributed by atoms with Gasteiger partial charge in [0.05, 0.1) is 15.7 Å². The van der Waals surface area contributed by atoms with Crippen LogP contribution >= 0.6 is 27.3 Å². The second kappa shape index (κ2) is 7.38. The minimum atomic E-state index is -0.656. The summed E-state index contributed by atoms with van der Waals surface area (Å²) in [6, 6.07) is 11.1. The quantitative estimate of drug-likeness (QED) is 0.773. The van der Waals surface area contributed by atoms with Gasteiger partial charge in [0, 0.05) is 4.88 Å². The fraction of sp³-hybridized carbons (Fsp3) is 0.421. The smallest absolute Gasteiger partial charge is 0.306 e. The Morgan fingerprint density at radius 1 is 1.25 bits per heavy atom. The number of piperidine rings is 1. The summed E-state index contributed by atoms with van der Waals surface area (Å²) in [7, 11) is 0. The van der Waals surface area contributed by atoms with Gasteiger partial charge < -0.3 is 5.11 Å². The Kier molecular flexibility index (Phi) is 5.42. The molecule has 1 unspecified atom stereocenters. The molecule has 0 saturated carbocycles. The average Bonchev–Trinajstić information content (AvgIpc) is 2.97. The number of benzene rings is 1. The topological polar surface area (TPSA) is 40.5 Å². The number of aliphatic carboxylic acids is 1. The molecule has 1 aliphatic rings. The molecule has 1 saturated heterocycles. The van der Waals surface area contributed by atoms with Crippen LogP contribution in [0.3, 0.4) is 0 Å². The van der Waals surface area contributed by atoms with Crippen LogP contribution in [0.4, 0.5) is 0 Å². The molecule has 0 aliphatic carbocycles. The molecule has 0 spiro atoms. The van der Waals surface area contributed by atoms with Gasteiger partial charge in [-0.1, -0.05) is 23.8 Å². The molecule has 1 aromatic carbocycles. The second-order valence-electron chi connectivity index (χ2n) is 6.55. The first kappa shape index (κ1) is 17.6. The van der Waals surface area contributed by atoms with Crippen molar-refractivity contribution in [2.45, 2.75) is 32.7 Å². The van der Waals surface area contributed by atoms with Crippen molar-refractivity contribution in [3.05, 3.63) is 55.7 Å². The summed E-state index contributed by atoms with van der Waals surface area (Å²) in [5.41, 5.74) is 3.88. The fourth-order valence-corrected chi connectivity index (χ4v) is 5.04. The highest BCUT2D eigenvalue weighted by Gasteiger charge is 2.31. The molecular formula is C19H22BrNO2S. The zero-order chi connectivity index (χ0) is 17.3. The summed E-state index contributed by atoms with van der Waals surface area (Å²) >= 11 is 5.35. The van der Waals surface area contributed by atoms with Gasteiger partial charge in [0.1, 0.15) is 0 Å². The summed E-state index contributed by atoms with van der Waals surface area (Å²) < 4.78 is 1.13. The van der Waals surface area contributed by atoms with Crippen molar-refractivity contribution in [3.63, 3.8) is 0 Å². The van der Waals surface area contributed by atoms with E-state index in [0.29, 0.717) is 0 Å². The predicted molar refractivity (Wildman–Crippen MR) is 102 cm³/mol. The predicted octanol–water partition coefficient (Wildman–Crippen LogP) is 5.01. The Morgan fingerprint density at radius 2 is 1.96 bits per heavy atom. The number of likely N-dealkylation sites (tertiary alicyclic amines) is 1. The largest absolute Gasteiger partial charge is 0.481 e. The number of hydrogen-bond donors (Lipinski definition) is 1. The van der Waals surface area contributed by atoms with Gasteiger partial charge >= 0.3 is 5.97 Å². The number of nitrogens with zero attached hydrogens (tertiary/aromatic N) is 1. The number of halogens is 1. The van der Waals surface area contributed by atoms with E-state index in [1.54, 1.807) is 11.3 Å². The highest BCUT2D eigenvalue weighted by atomic mass is 79.9. The van der Waals surface area contributed by atoms with Crippen molar-refractivity contribution in [1.82, 2.24) is 4.90 Å². The Balaban J connectivity index is 1.95. The van der Waals surface area contributed by atoms with E-state index >= 15 is 0 Å². The van der Waals surface area contributed by atoms with E-state index in [1.165, 1.54) is 21.6 Å². The van der Waals surface area contributed by atoms with E-state index in [9.17, 15) is 9.90 Å². The van der Waals surface area contributed by atoms with Crippen molar-refractivity contribution in [2.75, 3.05) is 13.1 Å². The maximum absolute atomic E-state index is 11.3. The Bertz CT molecular complexity index is 735. The van der Waals surface area contributed by atoms with Gasteiger partial charge in [0.15, 0.2) is 0 Å².